The van der Waals surface area contributed by atoms with E-state index >= 15 is 0 Å². The van der Waals surface area contributed by atoms with Gasteiger partial charge in [0.15, 0.2) is 0 Å². The molecule has 2 atom stereocenters. The minimum atomic E-state index is -1.03. The number of carbonyl (C=O) groups is 1. The summed E-state index contributed by atoms with van der Waals surface area (Å²) in [5, 5.41) is 3.64. The number of aliphatic imine (C=N–C) groups is 1. The van der Waals surface area contributed by atoms with E-state index in [0.29, 0.717) is 12.2 Å². The Morgan fingerprint density at radius 1 is 1.32 bits per heavy atom. The Kier molecular flexibility index (Phi) is 3.72. The minimum absolute atomic E-state index is 0.296. The molecule has 1 N–H and O–H groups in total. The molecule has 28 heavy (non-hydrogen) atoms. The van der Waals surface area contributed by atoms with Crippen molar-refractivity contribution in [2.45, 2.75) is 19.0 Å². The monoisotopic (exact) mass is 378 g/mol. The van der Waals surface area contributed by atoms with Gasteiger partial charge in [0, 0.05) is 30.6 Å². The minimum Gasteiger partial charge on any atom is -0.496 e. The van der Waals surface area contributed by atoms with Gasteiger partial charge in [-0.25, -0.2) is 9.37 Å². The fourth-order valence-electron chi connectivity index (χ4n) is 3.72. The Labute approximate surface area is 161 Å². The van der Waals surface area contributed by atoms with E-state index < -0.39 is 12.1 Å². The summed E-state index contributed by atoms with van der Waals surface area (Å²) in [5.74, 6) is 0.368. The van der Waals surface area contributed by atoms with E-state index in [9.17, 15) is 9.18 Å². The van der Waals surface area contributed by atoms with E-state index in [4.69, 9.17) is 4.74 Å². The van der Waals surface area contributed by atoms with E-state index in [0.717, 1.165) is 45.6 Å². The lowest BCUT2D eigenvalue weighted by molar-refractivity contribution is -0.117. The van der Waals surface area contributed by atoms with Gasteiger partial charge in [0.25, 0.3) is 0 Å². The molecule has 1 amide bonds. The lowest BCUT2D eigenvalue weighted by Gasteiger charge is -2.12. The van der Waals surface area contributed by atoms with Crippen LogP contribution in [0, 0.1) is 5.92 Å². The van der Waals surface area contributed by atoms with Crippen molar-refractivity contribution in [1.82, 2.24) is 9.55 Å². The van der Waals surface area contributed by atoms with Crippen molar-refractivity contribution >= 4 is 34.5 Å². The number of fused-ring (bicyclic) bond motifs is 2. The summed E-state index contributed by atoms with van der Waals surface area (Å²) in [6, 6.07) is 7.91. The van der Waals surface area contributed by atoms with Crippen LogP contribution in [0.4, 0.5) is 15.9 Å². The summed E-state index contributed by atoms with van der Waals surface area (Å²) in [7, 11) is 3.63. The molecule has 7 heteroatoms. The van der Waals surface area contributed by atoms with Crippen molar-refractivity contribution in [3.63, 3.8) is 0 Å². The van der Waals surface area contributed by atoms with E-state index in [1.807, 2.05) is 42.1 Å². The highest BCUT2D eigenvalue weighted by molar-refractivity contribution is 5.97. The number of pyridine rings is 1. The molecule has 1 aromatic carbocycles. The number of carbonyl (C=O) groups excluding carboxylic acids is 1. The molecular formula is C21H19FN4O2. The summed E-state index contributed by atoms with van der Waals surface area (Å²) in [5.41, 5.74) is 4.94. The van der Waals surface area contributed by atoms with Crippen LogP contribution >= 0.6 is 0 Å². The number of benzene rings is 1. The molecule has 0 saturated heterocycles. The molecule has 142 valence electrons. The number of aryl methyl sites for hydroxylation is 1. The van der Waals surface area contributed by atoms with Crippen LogP contribution in [-0.2, 0) is 18.3 Å². The van der Waals surface area contributed by atoms with E-state index in [2.05, 4.69) is 15.3 Å². The fourth-order valence-corrected chi connectivity index (χ4v) is 3.72. The maximum Gasteiger partial charge on any atom is 0.231 e. The van der Waals surface area contributed by atoms with Crippen LogP contribution in [0.15, 0.2) is 35.5 Å². The second kappa shape index (κ2) is 6.15. The lowest BCUT2D eigenvalue weighted by atomic mass is 10.0. The number of rotatable bonds is 4. The normalized spacial score (nSPS) is 19.7. The van der Waals surface area contributed by atoms with Gasteiger partial charge in [0.2, 0.25) is 5.91 Å². The van der Waals surface area contributed by atoms with Crippen LogP contribution < -0.4 is 10.1 Å². The SMILES string of the molecule is COc1cc2c(cc1-c1cc3cc(NC(=O)[C@@H]4C[C@@H]4F)ncc3n1C)N=CC2. The molecule has 2 aliphatic rings. The summed E-state index contributed by atoms with van der Waals surface area (Å²) >= 11 is 0. The van der Waals surface area contributed by atoms with Gasteiger partial charge < -0.3 is 14.6 Å². The second-order valence-corrected chi connectivity index (χ2v) is 7.26. The second-order valence-electron chi connectivity index (χ2n) is 7.26. The Morgan fingerprint density at radius 2 is 2.14 bits per heavy atom. The highest BCUT2D eigenvalue weighted by Gasteiger charge is 2.43. The van der Waals surface area contributed by atoms with Crippen LogP contribution in [0.3, 0.4) is 0 Å². The lowest BCUT2D eigenvalue weighted by Crippen LogP contribution is -2.15. The molecule has 3 aromatic rings. The largest absolute Gasteiger partial charge is 0.496 e. The number of anilines is 1. The predicted molar refractivity (Wildman–Crippen MR) is 106 cm³/mol. The first kappa shape index (κ1) is 16.9. The Bertz CT molecular complexity index is 1150. The van der Waals surface area contributed by atoms with Gasteiger partial charge in [0.05, 0.1) is 36.1 Å². The number of hydrogen-bond acceptors (Lipinski definition) is 4. The number of nitrogens with zero attached hydrogens (tertiary/aromatic N) is 3. The van der Waals surface area contributed by atoms with Crippen LogP contribution in [0.2, 0.25) is 0 Å². The third-order valence-corrected chi connectivity index (χ3v) is 5.45. The molecule has 1 aliphatic heterocycles. The van der Waals surface area contributed by atoms with Gasteiger partial charge in [-0.15, -0.1) is 0 Å². The number of alkyl halides is 1. The van der Waals surface area contributed by atoms with E-state index in [-0.39, 0.29) is 5.91 Å². The van der Waals surface area contributed by atoms with Crippen LogP contribution in [-0.4, -0.2) is 35.0 Å². The van der Waals surface area contributed by atoms with Crippen molar-refractivity contribution < 1.29 is 13.9 Å². The average Bonchev–Trinajstić information content (AvgIpc) is 3.11. The predicted octanol–water partition coefficient (Wildman–Crippen LogP) is 3.80. The third-order valence-electron chi connectivity index (χ3n) is 5.45. The van der Waals surface area contributed by atoms with Gasteiger partial charge >= 0.3 is 0 Å². The third kappa shape index (κ3) is 2.66. The molecule has 1 fully saturated rings. The van der Waals surface area contributed by atoms with Crippen LogP contribution in [0.1, 0.15) is 12.0 Å². The van der Waals surface area contributed by atoms with Crippen LogP contribution in [0.5, 0.6) is 5.75 Å². The van der Waals surface area contributed by atoms with Gasteiger partial charge in [-0.1, -0.05) is 0 Å². The molecule has 2 aromatic heterocycles. The smallest absolute Gasteiger partial charge is 0.231 e. The number of methoxy groups -OCH3 is 1. The molecule has 0 radical (unpaired) electrons. The first-order chi connectivity index (χ1) is 13.5. The molecular weight excluding hydrogens is 359 g/mol. The number of aromatic nitrogens is 2. The number of halogens is 1. The molecule has 1 saturated carbocycles. The van der Waals surface area contributed by atoms with E-state index in [1.54, 1.807) is 13.3 Å². The van der Waals surface area contributed by atoms with Crippen molar-refractivity contribution in [1.29, 1.82) is 0 Å². The van der Waals surface area contributed by atoms with Gasteiger partial charge in [-0.3, -0.25) is 9.79 Å². The highest BCUT2D eigenvalue weighted by atomic mass is 19.1. The van der Waals surface area contributed by atoms with E-state index in [1.165, 1.54) is 0 Å². The zero-order chi connectivity index (χ0) is 19.4. The maximum atomic E-state index is 13.1. The Balaban J connectivity index is 1.55. The summed E-state index contributed by atoms with van der Waals surface area (Å²) < 4.78 is 20.7. The Hall–Kier alpha value is -3.22. The molecule has 0 bridgehead atoms. The standard InChI is InChI=1S/C21H19FN4O2/c1-26-17(14-9-16-11(3-4-23-16)6-19(14)28-2)5-12-7-20(24-10-18(12)26)25-21(27)13-8-15(13)22/h4-7,9-10,13,15H,3,8H2,1-2H3,(H,24,25,27)/t13-,15+/m1/s1. The zero-order valence-corrected chi connectivity index (χ0v) is 15.6. The van der Waals surface area contributed by atoms with Crippen molar-refractivity contribution in [3.8, 4) is 17.0 Å². The summed E-state index contributed by atoms with van der Waals surface area (Å²) in [6.07, 6.45) is 3.70. The van der Waals surface area contributed by atoms with Crippen LogP contribution in [0.25, 0.3) is 22.2 Å². The number of nitrogens with one attached hydrogen (secondary N) is 1. The number of ether oxygens (including phenoxy) is 1. The highest BCUT2D eigenvalue weighted by Crippen LogP contribution is 2.40. The molecule has 5 rings (SSSR count). The van der Waals surface area contributed by atoms with Crippen molar-refractivity contribution in [2.24, 2.45) is 18.0 Å². The molecule has 6 nitrogen and oxygen atoms in total. The van der Waals surface area contributed by atoms with Crippen molar-refractivity contribution in [3.05, 3.63) is 36.0 Å². The topological polar surface area (TPSA) is 68.5 Å². The average molecular weight is 378 g/mol. The molecule has 0 unspecified atom stereocenters. The Morgan fingerprint density at radius 3 is 2.89 bits per heavy atom. The summed E-state index contributed by atoms with van der Waals surface area (Å²) in [6.45, 7) is 0. The zero-order valence-electron chi connectivity index (χ0n) is 15.6. The number of amides is 1. The first-order valence-electron chi connectivity index (χ1n) is 9.19. The quantitative estimate of drug-likeness (QED) is 0.751. The van der Waals surface area contributed by atoms with Gasteiger partial charge in [-0.05, 0) is 36.2 Å². The number of hydrogen-bond donors (Lipinski definition) is 1. The molecule has 3 heterocycles. The van der Waals surface area contributed by atoms with Crippen molar-refractivity contribution in [2.75, 3.05) is 12.4 Å². The van der Waals surface area contributed by atoms with Gasteiger partial charge in [0.1, 0.15) is 17.7 Å². The summed E-state index contributed by atoms with van der Waals surface area (Å²) in [4.78, 5) is 20.7. The molecule has 0 spiro atoms. The first-order valence-corrected chi connectivity index (χ1v) is 9.19. The fraction of sp³-hybridized carbons (Fsp3) is 0.286. The van der Waals surface area contributed by atoms with Gasteiger partial charge in [-0.2, -0.15) is 0 Å². The maximum absolute atomic E-state index is 13.1. The molecule has 1 aliphatic carbocycles.